The average Bonchev–Trinajstić information content (AvgIpc) is 2.70. The second-order valence-corrected chi connectivity index (χ2v) is 8.02. The summed E-state index contributed by atoms with van der Waals surface area (Å²) >= 11 is 6.22. The van der Waals surface area contributed by atoms with Gasteiger partial charge >= 0.3 is 0 Å². The van der Waals surface area contributed by atoms with Gasteiger partial charge in [-0.25, -0.2) is 18.4 Å². The zero-order valence-electron chi connectivity index (χ0n) is 14.5. The third-order valence-corrected chi connectivity index (χ3v) is 5.67. The predicted molar refractivity (Wildman–Crippen MR) is 112 cm³/mol. The molecule has 0 aliphatic carbocycles. The maximum absolute atomic E-state index is 12.8. The minimum Gasteiger partial charge on any atom is -0.336 e. The van der Waals surface area contributed by atoms with Crippen molar-refractivity contribution in [2.75, 3.05) is 10.0 Å². The van der Waals surface area contributed by atoms with Crippen LogP contribution >= 0.6 is 11.6 Å². The van der Waals surface area contributed by atoms with Crippen LogP contribution in [0.3, 0.4) is 0 Å². The molecule has 0 fully saturated rings. The topological polar surface area (TPSA) is 84.0 Å². The lowest BCUT2D eigenvalue weighted by Crippen LogP contribution is -2.16. The molecule has 2 N–H and O–H groups in total. The van der Waals surface area contributed by atoms with E-state index in [1.165, 1.54) is 12.1 Å². The van der Waals surface area contributed by atoms with Crippen LogP contribution in [0.4, 0.5) is 17.3 Å². The number of hydrogen-bond donors (Lipinski definition) is 2. The molecule has 0 atom stereocenters. The summed E-state index contributed by atoms with van der Waals surface area (Å²) < 4.78 is 28.1. The first-order valence-electron chi connectivity index (χ1n) is 8.39. The maximum Gasteiger partial charge on any atom is 0.263 e. The lowest BCUT2D eigenvalue weighted by atomic mass is 10.3. The minimum absolute atomic E-state index is 0.0856. The lowest BCUT2D eigenvalue weighted by molar-refractivity contribution is 0.601. The molecule has 0 spiro atoms. The van der Waals surface area contributed by atoms with E-state index in [2.05, 4.69) is 20.0 Å². The zero-order chi connectivity index (χ0) is 19.6. The Morgan fingerprint density at radius 1 is 0.714 bits per heavy atom. The molecule has 6 nitrogen and oxygen atoms in total. The van der Waals surface area contributed by atoms with Gasteiger partial charge < -0.3 is 5.32 Å². The quantitative estimate of drug-likeness (QED) is 0.492. The molecule has 0 bridgehead atoms. The summed E-state index contributed by atoms with van der Waals surface area (Å²) in [6, 6.07) is 22.4. The molecule has 0 amide bonds. The molecular formula is C20H15ClN4O2S. The van der Waals surface area contributed by atoms with Crippen molar-refractivity contribution < 1.29 is 8.42 Å². The third-order valence-electron chi connectivity index (χ3n) is 3.98. The predicted octanol–water partition coefficient (Wildman–Crippen LogP) is 4.83. The van der Waals surface area contributed by atoms with Crippen molar-refractivity contribution in [1.29, 1.82) is 0 Å². The van der Waals surface area contributed by atoms with Gasteiger partial charge in [-0.15, -0.1) is 0 Å². The molecule has 0 radical (unpaired) electrons. The van der Waals surface area contributed by atoms with Crippen LogP contribution in [0.25, 0.3) is 11.0 Å². The molecule has 140 valence electrons. The third kappa shape index (κ3) is 3.76. The van der Waals surface area contributed by atoms with E-state index in [4.69, 9.17) is 11.6 Å². The van der Waals surface area contributed by atoms with Crippen molar-refractivity contribution >= 4 is 50.0 Å². The number of hydrogen-bond acceptors (Lipinski definition) is 5. The fourth-order valence-electron chi connectivity index (χ4n) is 2.63. The molecule has 1 heterocycles. The molecule has 0 saturated carbocycles. The van der Waals surface area contributed by atoms with Crippen LogP contribution in [0.1, 0.15) is 0 Å². The Hall–Kier alpha value is -3.16. The molecule has 8 heteroatoms. The first-order valence-corrected chi connectivity index (χ1v) is 10.3. The zero-order valence-corrected chi connectivity index (χ0v) is 16.1. The van der Waals surface area contributed by atoms with E-state index < -0.39 is 10.0 Å². The number of para-hydroxylation sites is 3. The number of fused-ring (bicyclic) bond motifs is 1. The smallest absolute Gasteiger partial charge is 0.263 e. The number of halogens is 1. The standard InChI is InChI=1S/C20H15ClN4O2S/c21-15-10-4-5-11-16(15)22-19-20(24-18-13-7-6-12-17(18)23-19)25-28(26,27)14-8-2-1-3-9-14/h1-13H,(H,22,23)(H,24,25). The lowest BCUT2D eigenvalue weighted by Gasteiger charge is -2.14. The van der Waals surface area contributed by atoms with E-state index in [1.807, 2.05) is 18.2 Å². The van der Waals surface area contributed by atoms with Crippen molar-refractivity contribution in [2.24, 2.45) is 0 Å². The molecule has 0 aliphatic rings. The number of nitrogens with one attached hydrogen (secondary N) is 2. The summed E-state index contributed by atoms with van der Waals surface area (Å²) in [5.41, 5.74) is 1.78. The SMILES string of the molecule is O=S(=O)(Nc1nc2ccccc2nc1Nc1ccccc1Cl)c1ccccc1. The van der Waals surface area contributed by atoms with E-state index in [1.54, 1.807) is 48.5 Å². The van der Waals surface area contributed by atoms with Gasteiger partial charge in [0, 0.05) is 0 Å². The highest BCUT2D eigenvalue weighted by molar-refractivity contribution is 7.92. The van der Waals surface area contributed by atoms with E-state index >= 15 is 0 Å². The Balaban J connectivity index is 1.81. The Kier molecular flexibility index (Phi) is 4.85. The highest BCUT2D eigenvalue weighted by atomic mass is 35.5. The van der Waals surface area contributed by atoms with Crippen LogP contribution in [-0.2, 0) is 10.0 Å². The number of anilines is 3. The highest BCUT2D eigenvalue weighted by Gasteiger charge is 2.19. The van der Waals surface area contributed by atoms with Gasteiger partial charge in [-0.05, 0) is 36.4 Å². The van der Waals surface area contributed by atoms with Crippen LogP contribution in [-0.4, -0.2) is 18.4 Å². The first kappa shape index (κ1) is 18.2. The number of rotatable bonds is 5. The van der Waals surface area contributed by atoms with Crippen LogP contribution in [0.5, 0.6) is 0 Å². The fraction of sp³-hybridized carbons (Fsp3) is 0. The fourth-order valence-corrected chi connectivity index (χ4v) is 3.85. The molecule has 0 saturated heterocycles. The second-order valence-electron chi connectivity index (χ2n) is 5.93. The molecule has 0 unspecified atom stereocenters. The van der Waals surface area contributed by atoms with Gasteiger partial charge in [0.15, 0.2) is 11.6 Å². The summed E-state index contributed by atoms with van der Waals surface area (Å²) in [7, 11) is -3.83. The van der Waals surface area contributed by atoms with Gasteiger partial charge in [-0.1, -0.05) is 54.1 Å². The minimum atomic E-state index is -3.83. The van der Waals surface area contributed by atoms with Crippen molar-refractivity contribution in [3.05, 3.63) is 83.9 Å². The van der Waals surface area contributed by atoms with E-state index in [0.29, 0.717) is 21.7 Å². The van der Waals surface area contributed by atoms with Crippen molar-refractivity contribution in [2.45, 2.75) is 4.90 Å². The Labute approximate surface area is 167 Å². The van der Waals surface area contributed by atoms with Crippen LogP contribution < -0.4 is 10.0 Å². The van der Waals surface area contributed by atoms with Gasteiger partial charge in [0.25, 0.3) is 10.0 Å². The molecule has 4 rings (SSSR count). The van der Waals surface area contributed by atoms with Crippen LogP contribution in [0.15, 0.2) is 83.8 Å². The van der Waals surface area contributed by atoms with Gasteiger partial charge in [0.1, 0.15) is 0 Å². The van der Waals surface area contributed by atoms with E-state index in [-0.39, 0.29) is 16.5 Å². The van der Waals surface area contributed by atoms with Gasteiger partial charge in [0.05, 0.1) is 26.6 Å². The molecular weight excluding hydrogens is 396 g/mol. The maximum atomic E-state index is 12.8. The summed E-state index contributed by atoms with van der Waals surface area (Å²) in [6.07, 6.45) is 0. The monoisotopic (exact) mass is 410 g/mol. The summed E-state index contributed by atoms with van der Waals surface area (Å²) in [6.45, 7) is 0. The molecule has 1 aromatic heterocycles. The second kappa shape index (κ2) is 7.46. The van der Waals surface area contributed by atoms with Crippen molar-refractivity contribution in [3.63, 3.8) is 0 Å². The number of aromatic nitrogens is 2. The molecule has 28 heavy (non-hydrogen) atoms. The van der Waals surface area contributed by atoms with Gasteiger partial charge in [-0.3, -0.25) is 4.72 Å². The normalized spacial score (nSPS) is 11.3. The number of sulfonamides is 1. The summed E-state index contributed by atoms with van der Waals surface area (Å²) in [5, 5.41) is 3.56. The van der Waals surface area contributed by atoms with Crippen LogP contribution in [0.2, 0.25) is 5.02 Å². The molecule has 3 aromatic carbocycles. The van der Waals surface area contributed by atoms with E-state index in [9.17, 15) is 8.42 Å². The van der Waals surface area contributed by atoms with Crippen molar-refractivity contribution in [3.8, 4) is 0 Å². The Morgan fingerprint density at radius 3 is 1.96 bits per heavy atom. The summed E-state index contributed by atoms with van der Waals surface area (Å²) in [4.78, 5) is 9.12. The van der Waals surface area contributed by atoms with E-state index in [0.717, 1.165) is 0 Å². The van der Waals surface area contributed by atoms with Crippen LogP contribution in [0, 0.1) is 0 Å². The largest absolute Gasteiger partial charge is 0.336 e. The summed E-state index contributed by atoms with van der Waals surface area (Å²) in [5.74, 6) is 0.341. The molecule has 0 aliphatic heterocycles. The molecule has 4 aromatic rings. The van der Waals surface area contributed by atoms with Crippen molar-refractivity contribution in [1.82, 2.24) is 9.97 Å². The average molecular weight is 411 g/mol. The number of benzene rings is 3. The highest BCUT2D eigenvalue weighted by Crippen LogP contribution is 2.30. The Bertz CT molecular complexity index is 1250. The van der Waals surface area contributed by atoms with Gasteiger partial charge in [0.2, 0.25) is 0 Å². The number of nitrogens with zero attached hydrogens (tertiary/aromatic N) is 2. The first-order chi connectivity index (χ1) is 13.5. The Morgan fingerprint density at radius 2 is 1.29 bits per heavy atom. The van der Waals surface area contributed by atoms with Gasteiger partial charge in [-0.2, -0.15) is 0 Å².